The molecule has 0 heterocycles. The van der Waals surface area contributed by atoms with Gasteiger partial charge in [-0.1, -0.05) is 27.7 Å². The van der Waals surface area contributed by atoms with Crippen molar-refractivity contribution in [2.45, 2.75) is 47.0 Å². The minimum absolute atomic E-state index is 0.00445. The van der Waals surface area contributed by atoms with E-state index in [9.17, 15) is 13.2 Å². The Labute approximate surface area is 136 Å². The van der Waals surface area contributed by atoms with E-state index in [2.05, 4.69) is 38.0 Å². The normalized spacial score (nSPS) is 12.6. The van der Waals surface area contributed by atoms with Crippen LogP contribution in [0.3, 0.4) is 0 Å². The zero-order chi connectivity index (χ0) is 17.3. The van der Waals surface area contributed by atoms with E-state index in [0.29, 0.717) is 24.8 Å². The van der Waals surface area contributed by atoms with Crippen LogP contribution < -0.4 is 10.3 Å². The van der Waals surface area contributed by atoms with Crippen molar-refractivity contribution in [3.05, 3.63) is 0 Å². The predicted molar refractivity (Wildman–Crippen MR) is 90.6 cm³/mol. The smallest absolute Gasteiger partial charge is 0.238 e. The van der Waals surface area contributed by atoms with Gasteiger partial charge in [0.1, 0.15) is 0 Å². The number of amides is 1. The van der Waals surface area contributed by atoms with Gasteiger partial charge in [-0.05, 0) is 51.7 Å². The second-order valence-corrected chi connectivity index (χ2v) is 8.86. The molecule has 1 amide bonds. The summed E-state index contributed by atoms with van der Waals surface area (Å²) in [5.41, 5.74) is 2.38. The van der Waals surface area contributed by atoms with E-state index >= 15 is 0 Å². The van der Waals surface area contributed by atoms with E-state index in [-0.39, 0.29) is 17.6 Å². The van der Waals surface area contributed by atoms with E-state index < -0.39 is 10.0 Å². The molecule has 0 aliphatic rings. The third kappa shape index (κ3) is 11.0. The number of nitrogens with zero attached hydrogens (tertiary/aromatic N) is 1. The van der Waals surface area contributed by atoms with Gasteiger partial charge in [0.05, 0.1) is 5.75 Å². The van der Waals surface area contributed by atoms with E-state index in [1.54, 1.807) is 0 Å². The van der Waals surface area contributed by atoms with E-state index in [0.717, 1.165) is 12.8 Å². The monoisotopic (exact) mass is 335 g/mol. The molecule has 0 spiro atoms. The molecule has 0 atom stereocenters. The van der Waals surface area contributed by atoms with Gasteiger partial charge in [-0.25, -0.2) is 8.42 Å². The largest absolute Gasteiger partial charge is 0.309 e. The number of sulfonamides is 1. The van der Waals surface area contributed by atoms with E-state index in [1.165, 1.54) is 0 Å². The Morgan fingerprint density at radius 2 is 1.55 bits per heavy atom. The molecule has 7 heteroatoms. The fourth-order valence-corrected chi connectivity index (χ4v) is 3.17. The number of hydrogen-bond acceptors (Lipinski definition) is 4. The number of hydrogen-bond donors (Lipinski definition) is 2. The van der Waals surface area contributed by atoms with Crippen molar-refractivity contribution in [1.29, 1.82) is 0 Å². The minimum atomic E-state index is -3.47. The molecular weight excluding hydrogens is 302 g/mol. The lowest BCUT2D eigenvalue weighted by atomic mass is 9.89. The molecule has 6 nitrogen and oxygen atoms in total. The van der Waals surface area contributed by atoms with Gasteiger partial charge in [-0.3, -0.25) is 10.2 Å². The Bertz CT molecular complexity index is 410. The molecule has 0 saturated heterocycles. The summed E-state index contributed by atoms with van der Waals surface area (Å²) < 4.78 is 23.7. The number of rotatable bonds is 11. The molecule has 0 radical (unpaired) electrons. The van der Waals surface area contributed by atoms with Gasteiger partial charge in [-0.15, -0.1) is 4.83 Å². The van der Waals surface area contributed by atoms with Crippen LogP contribution in [0.5, 0.6) is 0 Å². The lowest BCUT2D eigenvalue weighted by Crippen LogP contribution is -2.46. The molecule has 0 unspecified atom stereocenters. The number of carbonyl (C=O) groups excluding carboxylic acids is 1. The fraction of sp³-hybridized carbons (Fsp3) is 0.933. The zero-order valence-corrected chi connectivity index (χ0v) is 15.7. The molecule has 0 aromatic heterocycles. The van der Waals surface area contributed by atoms with Gasteiger partial charge in [-0.2, -0.15) is 0 Å². The molecular formula is C15H33N3O3S. The van der Waals surface area contributed by atoms with E-state index in [1.807, 2.05) is 19.0 Å². The maximum Gasteiger partial charge on any atom is 0.238 e. The number of nitrogens with one attached hydrogen (secondary N) is 2. The summed E-state index contributed by atoms with van der Waals surface area (Å²) in [6.45, 7) is 8.94. The topological polar surface area (TPSA) is 78.5 Å². The highest BCUT2D eigenvalue weighted by atomic mass is 32.2. The van der Waals surface area contributed by atoms with Gasteiger partial charge < -0.3 is 4.90 Å². The van der Waals surface area contributed by atoms with Gasteiger partial charge in [0.2, 0.25) is 15.9 Å². The van der Waals surface area contributed by atoms with Crippen LogP contribution in [0.25, 0.3) is 0 Å². The van der Waals surface area contributed by atoms with Crippen molar-refractivity contribution >= 4 is 15.9 Å². The van der Waals surface area contributed by atoms with Crippen molar-refractivity contribution in [2.24, 2.45) is 17.8 Å². The van der Waals surface area contributed by atoms with Crippen molar-refractivity contribution in [2.75, 3.05) is 26.4 Å². The second-order valence-electron chi connectivity index (χ2n) is 7.02. The summed E-state index contributed by atoms with van der Waals surface area (Å²) in [5.74, 6) is 0.394. The number of hydrazine groups is 1. The average molecular weight is 336 g/mol. The van der Waals surface area contributed by atoms with Crippen LogP contribution >= 0.6 is 0 Å². The first-order valence-corrected chi connectivity index (χ1v) is 9.62. The van der Waals surface area contributed by atoms with Crippen LogP contribution in [0.2, 0.25) is 0 Å². The average Bonchev–Trinajstić information content (AvgIpc) is 2.33. The van der Waals surface area contributed by atoms with Gasteiger partial charge in [0, 0.05) is 5.92 Å². The molecule has 0 fully saturated rings. The summed E-state index contributed by atoms with van der Waals surface area (Å²) in [7, 11) is 0.315. The molecule has 0 aliphatic carbocycles. The van der Waals surface area contributed by atoms with Crippen LogP contribution in [-0.2, 0) is 14.8 Å². The third-order valence-electron chi connectivity index (χ3n) is 3.23. The van der Waals surface area contributed by atoms with Crippen LogP contribution in [0.15, 0.2) is 0 Å². The SMILES string of the molecule is CC(C)CC(CC(C)C)C(=O)NNS(=O)(=O)CCCN(C)C. The fourth-order valence-electron chi connectivity index (χ4n) is 2.30. The molecule has 132 valence electrons. The molecule has 2 N–H and O–H groups in total. The lowest BCUT2D eigenvalue weighted by Gasteiger charge is -2.20. The third-order valence-corrected chi connectivity index (χ3v) is 4.47. The summed E-state index contributed by atoms with van der Waals surface area (Å²) in [5, 5.41) is 0. The summed E-state index contributed by atoms with van der Waals surface area (Å²) >= 11 is 0. The number of carbonyl (C=O) groups is 1. The van der Waals surface area contributed by atoms with Crippen LogP contribution in [0, 0.1) is 17.8 Å². The maximum atomic E-state index is 12.2. The Morgan fingerprint density at radius 3 is 1.95 bits per heavy atom. The Kier molecular flexibility index (Phi) is 9.87. The molecule has 0 bridgehead atoms. The van der Waals surface area contributed by atoms with E-state index in [4.69, 9.17) is 0 Å². The van der Waals surface area contributed by atoms with Crippen molar-refractivity contribution in [1.82, 2.24) is 15.2 Å². The highest BCUT2D eigenvalue weighted by Gasteiger charge is 2.22. The Balaban J connectivity index is 4.41. The maximum absolute atomic E-state index is 12.2. The minimum Gasteiger partial charge on any atom is -0.309 e. The molecule has 0 aromatic rings. The van der Waals surface area contributed by atoms with Gasteiger partial charge in [0.15, 0.2) is 0 Å². The summed E-state index contributed by atoms with van der Waals surface area (Å²) in [6, 6.07) is 0. The van der Waals surface area contributed by atoms with Crippen molar-refractivity contribution in [3.8, 4) is 0 Å². The lowest BCUT2D eigenvalue weighted by molar-refractivity contribution is -0.126. The first-order chi connectivity index (χ1) is 10.0. The van der Waals surface area contributed by atoms with Crippen LogP contribution in [0.4, 0.5) is 0 Å². The van der Waals surface area contributed by atoms with Crippen molar-refractivity contribution < 1.29 is 13.2 Å². The molecule has 0 saturated carbocycles. The molecule has 22 heavy (non-hydrogen) atoms. The summed E-state index contributed by atoms with van der Waals surface area (Å²) in [4.78, 5) is 16.3. The highest BCUT2D eigenvalue weighted by Crippen LogP contribution is 2.20. The molecule has 0 rings (SSSR count). The highest BCUT2D eigenvalue weighted by molar-refractivity contribution is 7.89. The van der Waals surface area contributed by atoms with Crippen molar-refractivity contribution in [3.63, 3.8) is 0 Å². The van der Waals surface area contributed by atoms with Gasteiger partial charge in [0.25, 0.3) is 0 Å². The first-order valence-electron chi connectivity index (χ1n) is 7.97. The summed E-state index contributed by atoms with van der Waals surface area (Å²) in [6.07, 6.45) is 2.04. The predicted octanol–water partition coefficient (Wildman–Crippen LogP) is 1.60. The Hall–Kier alpha value is -0.660. The standard InChI is InChI=1S/C15H33N3O3S/c1-12(2)10-14(11-13(3)4)15(19)16-17-22(20,21)9-7-8-18(5)6/h12-14,17H,7-11H2,1-6H3,(H,16,19). The Morgan fingerprint density at radius 1 is 1.05 bits per heavy atom. The second kappa shape index (κ2) is 10.2. The van der Waals surface area contributed by atoms with Gasteiger partial charge >= 0.3 is 0 Å². The zero-order valence-electron chi connectivity index (χ0n) is 14.8. The van der Waals surface area contributed by atoms with Crippen LogP contribution in [0.1, 0.15) is 47.0 Å². The first kappa shape index (κ1) is 21.3. The molecule has 0 aromatic carbocycles. The molecule has 0 aliphatic heterocycles. The van der Waals surface area contributed by atoms with Crippen LogP contribution in [-0.4, -0.2) is 45.6 Å². The quantitative estimate of drug-likeness (QED) is 0.562.